The zero-order valence-electron chi connectivity index (χ0n) is 7.56. The van der Waals surface area contributed by atoms with Gasteiger partial charge in [-0.05, 0) is 18.8 Å². The van der Waals surface area contributed by atoms with E-state index in [4.69, 9.17) is 10.2 Å². The van der Waals surface area contributed by atoms with Crippen LogP contribution in [-0.4, -0.2) is 22.2 Å². The minimum atomic E-state index is -0.969. The molecule has 1 aliphatic carbocycles. The zero-order chi connectivity index (χ0) is 10.0. The van der Waals surface area contributed by atoms with Crippen LogP contribution in [0, 0.1) is 17.8 Å². The first-order valence-electron chi connectivity index (χ1n) is 4.51. The van der Waals surface area contributed by atoms with Crippen LogP contribution in [0.15, 0.2) is 0 Å². The first kappa shape index (κ1) is 10.0. The van der Waals surface area contributed by atoms with Crippen molar-refractivity contribution in [3.8, 4) is 0 Å². The third kappa shape index (κ3) is 1.99. The molecule has 74 valence electrons. The van der Waals surface area contributed by atoms with Gasteiger partial charge in [0.2, 0.25) is 0 Å². The van der Waals surface area contributed by atoms with E-state index in [1.807, 2.05) is 6.92 Å². The van der Waals surface area contributed by atoms with Crippen molar-refractivity contribution < 1.29 is 19.8 Å². The van der Waals surface area contributed by atoms with E-state index in [2.05, 4.69) is 0 Å². The van der Waals surface area contributed by atoms with Crippen LogP contribution in [0.2, 0.25) is 0 Å². The Morgan fingerprint density at radius 2 is 1.54 bits per heavy atom. The molecular weight excluding hydrogens is 172 g/mol. The smallest absolute Gasteiger partial charge is 0.307 e. The first-order valence-corrected chi connectivity index (χ1v) is 4.51. The van der Waals surface area contributed by atoms with Crippen LogP contribution in [0.3, 0.4) is 0 Å². The third-order valence-electron chi connectivity index (χ3n) is 2.87. The van der Waals surface area contributed by atoms with E-state index < -0.39 is 23.8 Å². The molecule has 1 saturated carbocycles. The van der Waals surface area contributed by atoms with Crippen molar-refractivity contribution in [1.29, 1.82) is 0 Å². The largest absolute Gasteiger partial charge is 0.481 e. The topological polar surface area (TPSA) is 74.6 Å². The first-order chi connectivity index (χ1) is 6.06. The second kappa shape index (κ2) is 3.77. The summed E-state index contributed by atoms with van der Waals surface area (Å²) in [5, 5.41) is 17.6. The van der Waals surface area contributed by atoms with Crippen molar-refractivity contribution >= 4 is 11.9 Å². The lowest BCUT2D eigenvalue weighted by molar-refractivity contribution is -0.152. The summed E-state index contributed by atoms with van der Waals surface area (Å²) >= 11 is 0. The number of hydrogen-bond donors (Lipinski definition) is 2. The van der Waals surface area contributed by atoms with Crippen molar-refractivity contribution in [1.82, 2.24) is 0 Å². The number of carboxylic acid groups (broad SMARTS) is 2. The van der Waals surface area contributed by atoms with Gasteiger partial charge in [-0.25, -0.2) is 0 Å². The maximum Gasteiger partial charge on any atom is 0.307 e. The molecule has 4 heteroatoms. The lowest BCUT2D eigenvalue weighted by atomic mass is 9.97. The Hall–Kier alpha value is -1.06. The number of rotatable bonds is 3. The van der Waals surface area contributed by atoms with Crippen LogP contribution >= 0.6 is 0 Å². The Morgan fingerprint density at radius 3 is 1.77 bits per heavy atom. The van der Waals surface area contributed by atoms with E-state index in [1.54, 1.807) is 0 Å². The van der Waals surface area contributed by atoms with Crippen molar-refractivity contribution in [3.63, 3.8) is 0 Å². The number of aliphatic carboxylic acids is 2. The van der Waals surface area contributed by atoms with Crippen LogP contribution in [0.5, 0.6) is 0 Å². The van der Waals surface area contributed by atoms with Gasteiger partial charge in [-0.3, -0.25) is 9.59 Å². The van der Waals surface area contributed by atoms with E-state index >= 15 is 0 Å². The average Bonchev–Trinajstić information content (AvgIpc) is 2.47. The van der Waals surface area contributed by atoms with E-state index in [0.29, 0.717) is 12.8 Å². The van der Waals surface area contributed by atoms with Gasteiger partial charge in [-0.15, -0.1) is 0 Å². The van der Waals surface area contributed by atoms with Gasteiger partial charge in [0, 0.05) is 0 Å². The van der Waals surface area contributed by atoms with Crippen molar-refractivity contribution in [2.24, 2.45) is 17.8 Å². The number of hydrogen-bond acceptors (Lipinski definition) is 2. The standard InChI is InChI=1S/C9H14O4/c1-2-5-3-6(8(10)11)7(4-5)9(12)13/h5-7H,2-4H2,1H3,(H,10,11)(H,12,13). The zero-order valence-corrected chi connectivity index (χ0v) is 7.56. The Morgan fingerprint density at radius 1 is 1.15 bits per heavy atom. The Labute approximate surface area is 76.6 Å². The lowest BCUT2D eigenvalue weighted by Gasteiger charge is -2.08. The summed E-state index contributed by atoms with van der Waals surface area (Å²) in [6.07, 6.45) is 1.90. The summed E-state index contributed by atoms with van der Waals surface area (Å²) in [4.78, 5) is 21.4. The quantitative estimate of drug-likeness (QED) is 0.694. The molecule has 0 aromatic heterocycles. The van der Waals surface area contributed by atoms with E-state index in [9.17, 15) is 9.59 Å². The summed E-state index contributed by atoms with van der Waals surface area (Å²) in [6, 6.07) is 0. The van der Waals surface area contributed by atoms with E-state index in [-0.39, 0.29) is 5.92 Å². The number of carboxylic acids is 2. The van der Waals surface area contributed by atoms with Gasteiger partial charge in [0.05, 0.1) is 11.8 Å². The van der Waals surface area contributed by atoms with Gasteiger partial charge in [0.1, 0.15) is 0 Å². The minimum absolute atomic E-state index is 0.266. The Bertz CT molecular complexity index is 202. The average molecular weight is 186 g/mol. The maximum absolute atomic E-state index is 10.7. The molecule has 2 N–H and O–H groups in total. The molecule has 1 aliphatic rings. The molecule has 4 nitrogen and oxygen atoms in total. The molecule has 0 radical (unpaired) electrons. The normalized spacial score (nSPS) is 33.2. The predicted octanol–water partition coefficient (Wildman–Crippen LogP) is 1.21. The number of carbonyl (C=O) groups is 2. The molecule has 0 aromatic rings. The van der Waals surface area contributed by atoms with Crippen LogP contribution in [0.4, 0.5) is 0 Å². The molecule has 0 saturated heterocycles. The predicted molar refractivity (Wildman–Crippen MR) is 45.3 cm³/mol. The fraction of sp³-hybridized carbons (Fsp3) is 0.778. The molecule has 0 heterocycles. The molecule has 1 rings (SSSR count). The second-order valence-electron chi connectivity index (χ2n) is 3.64. The van der Waals surface area contributed by atoms with Gasteiger partial charge in [-0.2, -0.15) is 0 Å². The molecule has 0 spiro atoms. The van der Waals surface area contributed by atoms with Crippen molar-refractivity contribution in [3.05, 3.63) is 0 Å². The van der Waals surface area contributed by atoms with Gasteiger partial charge in [-0.1, -0.05) is 13.3 Å². The molecule has 2 atom stereocenters. The monoisotopic (exact) mass is 186 g/mol. The van der Waals surface area contributed by atoms with E-state index in [0.717, 1.165) is 6.42 Å². The Balaban J connectivity index is 2.71. The van der Waals surface area contributed by atoms with Crippen LogP contribution in [-0.2, 0) is 9.59 Å². The second-order valence-corrected chi connectivity index (χ2v) is 3.64. The third-order valence-corrected chi connectivity index (χ3v) is 2.87. The fourth-order valence-electron chi connectivity index (χ4n) is 2.02. The summed E-state index contributed by atoms with van der Waals surface area (Å²) < 4.78 is 0. The van der Waals surface area contributed by atoms with Gasteiger partial charge < -0.3 is 10.2 Å². The van der Waals surface area contributed by atoms with Crippen LogP contribution in [0.25, 0.3) is 0 Å². The van der Waals surface area contributed by atoms with Gasteiger partial charge in [0.15, 0.2) is 0 Å². The van der Waals surface area contributed by atoms with E-state index in [1.165, 1.54) is 0 Å². The highest BCUT2D eigenvalue weighted by Gasteiger charge is 2.42. The van der Waals surface area contributed by atoms with Gasteiger partial charge in [0.25, 0.3) is 0 Å². The molecule has 0 amide bonds. The molecule has 13 heavy (non-hydrogen) atoms. The lowest BCUT2D eigenvalue weighted by Crippen LogP contribution is -2.24. The van der Waals surface area contributed by atoms with Crippen molar-refractivity contribution in [2.45, 2.75) is 26.2 Å². The maximum atomic E-state index is 10.7. The highest BCUT2D eigenvalue weighted by Crippen LogP contribution is 2.38. The van der Waals surface area contributed by atoms with Gasteiger partial charge >= 0.3 is 11.9 Å². The van der Waals surface area contributed by atoms with Crippen LogP contribution in [0.1, 0.15) is 26.2 Å². The highest BCUT2D eigenvalue weighted by atomic mass is 16.4. The fourth-order valence-corrected chi connectivity index (χ4v) is 2.02. The molecule has 0 bridgehead atoms. The highest BCUT2D eigenvalue weighted by molar-refractivity contribution is 5.80. The summed E-state index contributed by atoms with van der Waals surface area (Å²) in [7, 11) is 0. The van der Waals surface area contributed by atoms with Crippen molar-refractivity contribution in [2.75, 3.05) is 0 Å². The summed E-state index contributed by atoms with van der Waals surface area (Å²) in [5.41, 5.74) is 0. The molecule has 0 aliphatic heterocycles. The SMILES string of the molecule is CCC1CC(C(=O)O)C(C(=O)O)C1. The molecule has 1 fully saturated rings. The molecule has 2 unspecified atom stereocenters. The summed E-state index contributed by atoms with van der Waals surface area (Å²) in [5.74, 6) is -3.03. The Kier molecular flexibility index (Phi) is 2.90. The van der Waals surface area contributed by atoms with Crippen LogP contribution < -0.4 is 0 Å². The molecule has 0 aromatic carbocycles. The molecular formula is C9H14O4. The summed E-state index contributed by atoms with van der Waals surface area (Å²) in [6.45, 7) is 1.97. The minimum Gasteiger partial charge on any atom is -0.481 e.